The van der Waals surface area contributed by atoms with Crippen molar-refractivity contribution in [3.8, 4) is 0 Å². The van der Waals surface area contributed by atoms with Crippen molar-refractivity contribution in [1.82, 2.24) is 19.6 Å². The lowest BCUT2D eigenvalue weighted by molar-refractivity contribution is 0.314. The molecule has 2 aromatic rings. The summed E-state index contributed by atoms with van der Waals surface area (Å²) >= 11 is 0. The number of aromatic amines is 1. The fraction of sp³-hybridized carbons (Fsp3) is 0.500. The molecule has 0 saturated carbocycles. The van der Waals surface area contributed by atoms with Crippen molar-refractivity contribution in [2.24, 2.45) is 16.8 Å². The van der Waals surface area contributed by atoms with E-state index in [1.54, 1.807) is 13.0 Å². The minimum atomic E-state index is -0.311. The van der Waals surface area contributed by atoms with Crippen molar-refractivity contribution in [3.63, 3.8) is 0 Å². The fourth-order valence-corrected chi connectivity index (χ4v) is 2.15. The van der Waals surface area contributed by atoms with Gasteiger partial charge in [0.15, 0.2) is 5.65 Å². The molecule has 4 N–H and O–H groups in total. The molecule has 0 bridgehead atoms. The Balaban J connectivity index is 2.36. The number of nitrogens with two attached hydrogens (primary N) is 1. The van der Waals surface area contributed by atoms with Crippen molar-refractivity contribution < 1.29 is 5.21 Å². The summed E-state index contributed by atoms with van der Waals surface area (Å²) in [6.45, 7) is 6.83. The van der Waals surface area contributed by atoms with Crippen molar-refractivity contribution in [3.05, 3.63) is 22.4 Å². The maximum Gasteiger partial charge on any atom is 0.349 e. The summed E-state index contributed by atoms with van der Waals surface area (Å²) in [6, 6.07) is 1.73. The zero-order valence-corrected chi connectivity index (χ0v) is 12.2. The number of aryl methyl sites for hydroxylation is 1. The Morgan fingerprint density at radius 1 is 1.67 bits per heavy atom. The van der Waals surface area contributed by atoms with Gasteiger partial charge in [0.05, 0.1) is 0 Å². The first-order valence-electron chi connectivity index (χ1n) is 6.65. The summed E-state index contributed by atoms with van der Waals surface area (Å²) in [4.78, 5) is 18.0. The van der Waals surface area contributed by atoms with E-state index in [-0.39, 0.29) is 17.4 Å². The van der Waals surface area contributed by atoms with Crippen LogP contribution in [-0.4, -0.2) is 43.7 Å². The van der Waals surface area contributed by atoms with Crippen LogP contribution >= 0.6 is 0 Å². The molecule has 0 fully saturated rings. The van der Waals surface area contributed by atoms with E-state index < -0.39 is 0 Å². The standard InChI is InChI=1S/C12H19N7O2/c1-4-18(6-7(2)11(13)17-21)9-5-10-15-16-12(20)19(10)8(3)14-9/h5,7,21H,4,6H2,1-3H3,(H2,13,17)(H,16,20). The highest BCUT2D eigenvalue weighted by molar-refractivity contribution is 5.82. The van der Waals surface area contributed by atoms with Gasteiger partial charge in [0.1, 0.15) is 17.5 Å². The maximum absolute atomic E-state index is 11.6. The van der Waals surface area contributed by atoms with Crippen LogP contribution in [0, 0.1) is 12.8 Å². The zero-order chi connectivity index (χ0) is 15.6. The van der Waals surface area contributed by atoms with Crippen LogP contribution in [0.5, 0.6) is 0 Å². The SMILES string of the molecule is CCN(CC(C)C(N)=NO)c1cc2n[nH]c(=O)n2c(C)n1. The molecule has 0 aromatic carbocycles. The molecule has 21 heavy (non-hydrogen) atoms. The molecule has 9 nitrogen and oxygen atoms in total. The molecule has 0 spiro atoms. The topological polar surface area (TPSA) is 125 Å². The first-order valence-corrected chi connectivity index (χ1v) is 6.65. The van der Waals surface area contributed by atoms with Crippen molar-refractivity contribution in [2.45, 2.75) is 20.8 Å². The Labute approximate surface area is 121 Å². The Morgan fingerprint density at radius 2 is 2.38 bits per heavy atom. The normalized spacial score (nSPS) is 13.6. The number of rotatable bonds is 5. The highest BCUT2D eigenvalue weighted by atomic mass is 16.4. The van der Waals surface area contributed by atoms with Gasteiger partial charge in [-0.3, -0.25) is 0 Å². The Hall–Kier alpha value is -2.58. The highest BCUT2D eigenvalue weighted by Crippen LogP contribution is 2.15. The van der Waals surface area contributed by atoms with Gasteiger partial charge in [0, 0.05) is 25.1 Å². The lowest BCUT2D eigenvalue weighted by Crippen LogP contribution is -2.35. The van der Waals surface area contributed by atoms with E-state index >= 15 is 0 Å². The molecule has 0 aliphatic heterocycles. The van der Waals surface area contributed by atoms with Crippen LogP contribution < -0.4 is 16.3 Å². The third-order valence-electron chi connectivity index (χ3n) is 3.38. The van der Waals surface area contributed by atoms with Crippen molar-refractivity contribution in [1.29, 1.82) is 0 Å². The first-order chi connectivity index (χ1) is 9.97. The van der Waals surface area contributed by atoms with E-state index in [0.717, 1.165) is 0 Å². The van der Waals surface area contributed by atoms with Crippen LogP contribution in [0.3, 0.4) is 0 Å². The second-order valence-electron chi connectivity index (χ2n) is 4.85. The minimum absolute atomic E-state index is 0.130. The Bertz CT molecular complexity index is 718. The summed E-state index contributed by atoms with van der Waals surface area (Å²) in [5.41, 5.74) is 5.81. The van der Waals surface area contributed by atoms with Crippen LogP contribution in [0.4, 0.5) is 5.82 Å². The van der Waals surface area contributed by atoms with E-state index in [1.165, 1.54) is 4.40 Å². The molecule has 0 aliphatic rings. The quantitative estimate of drug-likeness (QED) is 0.307. The van der Waals surface area contributed by atoms with Gasteiger partial charge in [-0.05, 0) is 13.8 Å². The van der Waals surface area contributed by atoms with Gasteiger partial charge < -0.3 is 15.8 Å². The minimum Gasteiger partial charge on any atom is -0.409 e. The lowest BCUT2D eigenvalue weighted by Gasteiger charge is -2.25. The number of hydrogen-bond donors (Lipinski definition) is 3. The number of nitrogens with one attached hydrogen (secondary N) is 1. The molecule has 1 unspecified atom stereocenters. The molecule has 0 saturated heterocycles. The summed E-state index contributed by atoms with van der Waals surface area (Å²) in [5, 5.41) is 18.1. The summed E-state index contributed by atoms with van der Waals surface area (Å²) in [5.74, 6) is 1.28. The number of aromatic nitrogens is 4. The molecule has 2 rings (SSSR count). The Kier molecular flexibility index (Phi) is 4.10. The molecule has 2 heterocycles. The van der Waals surface area contributed by atoms with E-state index in [4.69, 9.17) is 10.9 Å². The number of oxime groups is 1. The monoisotopic (exact) mass is 293 g/mol. The molecule has 9 heteroatoms. The largest absolute Gasteiger partial charge is 0.409 e. The second kappa shape index (κ2) is 5.81. The zero-order valence-electron chi connectivity index (χ0n) is 12.2. The van der Waals surface area contributed by atoms with Crippen LogP contribution in [0.15, 0.2) is 16.0 Å². The lowest BCUT2D eigenvalue weighted by atomic mass is 10.1. The molecule has 0 radical (unpaired) electrons. The molecular weight excluding hydrogens is 274 g/mol. The predicted octanol–water partition coefficient (Wildman–Crippen LogP) is -0.0652. The van der Waals surface area contributed by atoms with Gasteiger partial charge in [0.2, 0.25) is 0 Å². The number of anilines is 1. The van der Waals surface area contributed by atoms with Gasteiger partial charge >= 0.3 is 5.69 Å². The number of nitrogens with zero attached hydrogens (tertiary/aromatic N) is 5. The van der Waals surface area contributed by atoms with E-state index in [2.05, 4.69) is 20.3 Å². The van der Waals surface area contributed by atoms with Crippen molar-refractivity contribution >= 4 is 17.3 Å². The number of hydrogen-bond acceptors (Lipinski definition) is 6. The molecule has 0 aliphatic carbocycles. The molecule has 114 valence electrons. The summed E-state index contributed by atoms with van der Waals surface area (Å²) in [6.07, 6.45) is 0. The van der Waals surface area contributed by atoms with Crippen LogP contribution in [0.1, 0.15) is 19.7 Å². The van der Waals surface area contributed by atoms with E-state index in [1.807, 2.05) is 18.7 Å². The molecular formula is C12H19N7O2. The number of amidine groups is 1. The average Bonchev–Trinajstić information content (AvgIpc) is 2.85. The van der Waals surface area contributed by atoms with Crippen molar-refractivity contribution in [2.75, 3.05) is 18.0 Å². The highest BCUT2D eigenvalue weighted by Gasteiger charge is 2.16. The Morgan fingerprint density at radius 3 is 3.00 bits per heavy atom. The second-order valence-corrected chi connectivity index (χ2v) is 4.85. The maximum atomic E-state index is 11.6. The smallest absolute Gasteiger partial charge is 0.349 e. The van der Waals surface area contributed by atoms with Gasteiger partial charge in [-0.15, -0.1) is 0 Å². The summed E-state index contributed by atoms with van der Waals surface area (Å²) < 4.78 is 1.41. The van der Waals surface area contributed by atoms with Crippen LogP contribution in [-0.2, 0) is 0 Å². The van der Waals surface area contributed by atoms with Crippen LogP contribution in [0.2, 0.25) is 0 Å². The predicted molar refractivity (Wildman–Crippen MR) is 78.8 cm³/mol. The average molecular weight is 293 g/mol. The number of H-pyrrole nitrogens is 1. The van der Waals surface area contributed by atoms with E-state index in [9.17, 15) is 4.79 Å². The third kappa shape index (κ3) is 2.81. The summed E-state index contributed by atoms with van der Waals surface area (Å²) in [7, 11) is 0. The van der Waals surface area contributed by atoms with Gasteiger partial charge in [-0.25, -0.2) is 19.3 Å². The first kappa shape index (κ1) is 14.8. The third-order valence-corrected chi connectivity index (χ3v) is 3.38. The van der Waals surface area contributed by atoms with Gasteiger partial charge in [-0.2, -0.15) is 5.10 Å². The fourth-order valence-electron chi connectivity index (χ4n) is 2.15. The van der Waals surface area contributed by atoms with Gasteiger partial charge in [0.25, 0.3) is 0 Å². The molecule has 2 aromatic heterocycles. The number of fused-ring (bicyclic) bond motifs is 1. The molecule has 1 atom stereocenters. The van der Waals surface area contributed by atoms with E-state index in [0.29, 0.717) is 30.4 Å². The molecule has 0 amide bonds. The van der Waals surface area contributed by atoms with Crippen LogP contribution in [0.25, 0.3) is 5.65 Å². The van der Waals surface area contributed by atoms with Gasteiger partial charge in [-0.1, -0.05) is 12.1 Å².